The quantitative estimate of drug-likeness (QED) is 0.864. The van der Waals surface area contributed by atoms with Gasteiger partial charge in [-0.3, -0.25) is 4.79 Å². The second-order valence-electron chi connectivity index (χ2n) is 6.17. The van der Waals surface area contributed by atoms with Crippen molar-refractivity contribution in [2.24, 2.45) is 0 Å². The van der Waals surface area contributed by atoms with Crippen LogP contribution in [0.2, 0.25) is 0 Å². The third kappa shape index (κ3) is 2.59. The molecule has 2 fully saturated rings. The molecular formula is C17H19NO3S. The van der Waals surface area contributed by atoms with Crippen molar-refractivity contribution < 1.29 is 13.9 Å². The van der Waals surface area contributed by atoms with E-state index >= 15 is 0 Å². The maximum Gasteiger partial charge on any atom is 0.257 e. The van der Waals surface area contributed by atoms with Crippen LogP contribution in [0.25, 0.3) is 0 Å². The van der Waals surface area contributed by atoms with E-state index in [4.69, 9.17) is 9.15 Å². The Morgan fingerprint density at radius 2 is 2.18 bits per heavy atom. The second kappa shape index (κ2) is 5.56. The minimum Gasteiger partial charge on any atom is -0.468 e. The zero-order chi connectivity index (χ0) is 15.1. The predicted octanol–water partition coefficient (Wildman–Crippen LogP) is 3.82. The number of hydrogen-bond acceptors (Lipinski definition) is 4. The van der Waals surface area contributed by atoms with Gasteiger partial charge in [-0.25, -0.2) is 0 Å². The Labute approximate surface area is 133 Å². The summed E-state index contributed by atoms with van der Waals surface area (Å²) in [5.74, 6) is 1.39. The van der Waals surface area contributed by atoms with Gasteiger partial charge < -0.3 is 14.1 Å². The zero-order valence-corrected chi connectivity index (χ0v) is 13.3. The molecule has 1 saturated heterocycles. The Balaban J connectivity index is 1.55. The molecule has 116 valence electrons. The fourth-order valence-electron chi connectivity index (χ4n) is 3.09. The molecule has 0 spiro atoms. The van der Waals surface area contributed by atoms with Crippen LogP contribution in [0.4, 0.5) is 0 Å². The smallest absolute Gasteiger partial charge is 0.257 e. The van der Waals surface area contributed by atoms with E-state index < -0.39 is 0 Å². The lowest BCUT2D eigenvalue weighted by Gasteiger charge is -2.36. The van der Waals surface area contributed by atoms with Crippen molar-refractivity contribution in [2.45, 2.75) is 37.9 Å². The molecule has 1 aliphatic heterocycles. The minimum absolute atomic E-state index is 0.0322. The van der Waals surface area contributed by atoms with Crippen LogP contribution in [-0.4, -0.2) is 30.0 Å². The van der Waals surface area contributed by atoms with Gasteiger partial charge in [-0.2, -0.15) is 11.3 Å². The van der Waals surface area contributed by atoms with E-state index in [9.17, 15) is 4.79 Å². The van der Waals surface area contributed by atoms with E-state index in [-0.39, 0.29) is 18.1 Å². The number of rotatable bonds is 3. The summed E-state index contributed by atoms with van der Waals surface area (Å²) < 4.78 is 11.6. The summed E-state index contributed by atoms with van der Waals surface area (Å²) in [7, 11) is 0. The molecule has 1 saturated carbocycles. The van der Waals surface area contributed by atoms with Gasteiger partial charge in [0, 0.05) is 12.5 Å². The van der Waals surface area contributed by atoms with Crippen LogP contribution in [0.15, 0.2) is 33.6 Å². The number of ether oxygens (including phenoxy) is 1. The van der Waals surface area contributed by atoms with Crippen LogP contribution in [0, 0.1) is 0 Å². The minimum atomic E-state index is -0.0322. The van der Waals surface area contributed by atoms with Crippen LogP contribution in [-0.2, 0) is 4.74 Å². The molecule has 0 bridgehead atoms. The molecule has 2 atom stereocenters. The van der Waals surface area contributed by atoms with Gasteiger partial charge >= 0.3 is 0 Å². The predicted molar refractivity (Wildman–Crippen MR) is 84.2 cm³/mol. The number of carbonyl (C=O) groups excluding carboxylic acids is 1. The third-order valence-electron chi connectivity index (χ3n) is 4.34. The van der Waals surface area contributed by atoms with Crippen LogP contribution in [0.3, 0.4) is 0 Å². The first-order chi connectivity index (χ1) is 10.7. The Bertz CT molecular complexity index is 659. The van der Waals surface area contributed by atoms with Crippen LogP contribution in [0.5, 0.6) is 0 Å². The number of amides is 1. The molecule has 2 unspecified atom stereocenters. The van der Waals surface area contributed by atoms with Gasteiger partial charge in [0.15, 0.2) is 0 Å². The van der Waals surface area contributed by atoms with Gasteiger partial charge in [-0.05, 0) is 48.2 Å². The lowest BCUT2D eigenvalue weighted by molar-refractivity contribution is -0.0690. The number of nitrogens with zero attached hydrogens (tertiary/aromatic N) is 1. The highest BCUT2D eigenvalue weighted by atomic mass is 32.1. The van der Waals surface area contributed by atoms with E-state index in [2.05, 4.69) is 11.4 Å². The normalized spacial score (nSPS) is 25.4. The van der Waals surface area contributed by atoms with E-state index in [0.717, 1.165) is 29.7 Å². The summed E-state index contributed by atoms with van der Waals surface area (Å²) in [5.41, 5.74) is 1.89. The largest absolute Gasteiger partial charge is 0.468 e. The van der Waals surface area contributed by atoms with Crippen molar-refractivity contribution in [1.82, 2.24) is 4.90 Å². The number of thiophene rings is 1. The Hall–Kier alpha value is -1.59. The second-order valence-corrected chi connectivity index (χ2v) is 6.95. The summed E-state index contributed by atoms with van der Waals surface area (Å²) in [6.07, 6.45) is 3.91. The van der Waals surface area contributed by atoms with E-state index in [1.54, 1.807) is 17.6 Å². The fraction of sp³-hybridized carbons (Fsp3) is 0.471. The highest BCUT2D eigenvalue weighted by Crippen LogP contribution is 2.42. The van der Waals surface area contributed by atoms with E-state index in [1.165, 1.54) is 0 Å². The lowest BCUT2D eigenvalue weighted by atomic mass is 10.1. The van der Waals surface area contributed by atoms with Crippen molar-refractivity contribution >= 4 is 17.2 Å². The highest BCUT2D eigenvalue weighted by Gasteiger charge is 2.35. The molecular weight excluding hydrogens is 298 g/mol. The first kappa shape index (κ1) is 14.0. The first-order valence-electron chi connectivity index (χ1n) is 7.76. The van der Waals surface area contributed by atoms with Gasteiger partial charge in [0.05, 0.1) is 24.5 Å². The summed E-state index contributed by atoms with van der Waals surface area (Å²) >= 11 is 1.66. The standard InChI is InChI=1S/C17H19NO3S/c1-11-8-18(9-15(21-11)13-5-7-22-10-13)17(19)14-4-6-20-16(14)12-2-3-12/h4-7,10-12,15H,2-3,8-9H2,1H3. The van der Waals surface area contributed by atoms with Crippen molar-refractivity contribution in [2.75, 3.05) is 13.1 Å². The van der Waals surface area contributed by atoms with Gasteiger partial charge in [0.25, 0.3) is 5.91 Å². The van der Waals surface area contributed by atoms with Gasteiger partial charge in [-0.1, -0.05) is 0 Å². The Kier molecular flexibility index (Phi) is 3.54. The number of carbonyl (C=O) groups is 1. The molecule has 4 nitrogen and oxygen atoms in total. The molecule has 0 aromatic carbocycles. The van der Waals surface area contributed by atoms with E-state index in [0.29, 0.717) is 19.0 Å². The summed E-state index contributed by atoms with van der Waals surface area (Å²) in [6.45, 7) is 3.26. The average molecular weight is 317 g/mol. The van der Waals surface area contributed by atoms with Gasteiger partial charge in [0.2, 0.25) is 0 Å². The Morgan fingerprint density at radius 3 is 2.91 bits per heavy atom. The van der Waals surface area contributed by atoms with Gasteiger partial charge in [0.1, 0.15) is 11.9 Å². The van der Waals surface area contributed by atoms with Crippen LogP contribution < -0.4 is 0 Å². The molecule has 0 radical (unpaired) electrons. The molecule has 2 aromatic rings. The zero-order valence-electron chi connectivity index (χ0n) is 12.5. The molecule has 0 N–H and O–H groups in total. The van der Waals surface area contributed by atoms with Crippen molar-refractivity contribution in [1.29, 1.82) is 0 Å². The lowest BCUT2D eigenvalue weighted by Crippen LogP contribution is -2.46. The molecule has 2 aromatic heterocycles. The first-order valence-corrected chi connectivity index (χ1v) is 8.71. The molecule has 5 heteroatoms. The molecule has 1 amide bonds. The molecule has 3 heterocycles. The van der Waals surface area contributed by atoms with Crippen molar-refractivity contribution in [3.05, 3.63) is 46.0 Å². The molecule has 22 heavy (non-hydrogen) atoms. The molecule has 1 aliphatic carbocycles. The third-order valence-corrected chi connectivity index (χ3v) is 5.04. The van der Waals surface area contributed by atoms with Gasteiger partial charge in [-0.15, -0.1) is 0 Å². The van der Waals surface area contributed by atoms with E-state index in [1.807, 2.05) is 23.3 Å². The molecule has 2 aliphatic rings. The maximum atomic E-state index is 12.9. The van der Waals surface area contributed by atoms with Crippen LogP contribution >= 0.6 is 11.3 Å². The fourth-order valence-corrected chi connectivity index (χ4v) is 3.79. The monoisotopic (exact) mass is 317 g/mol. The maximum absolute atomic E-state index is 12.9. The molecule has 4 rings (SSSR count). The summed E-state index contributed by atoms with van der Waals surface area (Å²) in [6, 6.07) is 3.89. The number of hydrogen-bond donors (Lipinski definition) is 0. The Morgan fingerprint density at radius 1 is 1.32 bits per heavy atom. The number of furan rings is 1. The topological polar surface area (TPSA) is 42.7 Å². The van der Waals surface area contributed by atoms with Crippen molar-refractivity contribution in [3.8, 4) is 0 Å². The number of morpholine rings is 1. The summed E-state index contributed by atoms with van der Waals surface area (Å²) in [4.78, 5) is 14.8. The van der Waals surface area contributed by atoms with Crippen molar-refractivity contribution in [3.63, 3.8) is 0 Å². The SMILES string of the molecule is CC1CN(C(=O)c2ccoc2C2CC2)CC(c2ccsc2)O1. The van der Waals surface area contributed by atoms with Crippen LogP contribution in [0.1, 0.15) is 53.5 Å². The highest BCUT2D eigenvalue weighted by molar-refractivity contribution is 7.07. The average Bonchev–Trinajstić information content (AvgIpc) is 3.04. The summed E-state index contributed by atoms with van der Waals surface area (Å²) in [5, 5.41) is 4.14.